The largest absolute Gasteiger partial charge is 0.337 e. The minimum absolute atomic E-state index is 0.0168. The fraction of sp³-hybridized carbons (Fsp3) is 0.444. The summed E-state index contributed by atoms with van der Waals surface area (Å²) in [5.74, 6) is 1.34. The van der Waals surface area contributed by atoms with Gasteiger partial charge in [0.15, 0.2) is 5.65 Å². The molecule has 0 aromatic carbocycles. The highest BCUT2D eigenvalue weighted by Gasteiger charge is 2.28. The lowest BCUT2D eigenvalue weighted by atomic mass is 9.95. The molecule has 1 amide bonds. The van der Waals surface area contributed by atoms with Crippen LogP contribution in [0.25, 0.3) is 5.65 Å². The molecule has 0 saturated carbocycles. The van der Waals surface area contributed by atoms with Gasteiger partial charge in [-0.2, -0.15) is 5.10 Å². The molecule has 0 spiro atoms. The van der Waals surface area contributed by atoms with Crippen LogP contribution in [0.1, 0.15) is 54.1 Å². The van der Waals surface area contributed by atoms with E-state index in [1.54, 1.807) is 0 Å². The summed E-state index contributed by atoms with van der Waals surface area (Å²) in [6, 6.07) is 7.79. The van der Waals surface area contributed by atoms with Crippen molar-refractivity contribution in [2.75, 3.05) is 13.1 Å². The minimum atomic E-state index is 0.0168. The molecule has 4 heterocycles. The molecular formula is C18H22N6O. The van der Waals surface area contributed by atoms with Gasteiger partial charge in [0.25, 0.3) is 5.91 Å². The smallest absolute Gasteiger partial charge is 0.274 e. The van der Waals surface area contributed by atoms with E-state index in [9.17, 15) is 4.79 Å². The summed E-state index contributed by atoms with van der Waals surface area (Å²) in [6.07, 6.45) is 5.75. The van der Waals surface area contributed by atoms with E-state index in [0.29, 0.717) is 11.6 Å². The minimum Gasteiger partial charge on any atom is -0.337 e. The first-order valence-electron chi connectivity index (χ1n) is 8.89. The number of pyridine rings is 1. The Morgan fingerprint density at radius 3 is 2.92 bits per heavy atom. The Labute approximate surface area is 146 Å². The van der Waals surface area contributed by atoms with Gasteiger partial charge >= 0.3 is 0 Å². The van der Waals surface area contributed by atoms with E-state index in [-0.39, 0.29) is 5.91 Å². The van der Waals surface area contributed by atoms with Crippen molar-refractivity contribution in [3.8, 4) is 0 Å². The number of aryl methyl sites for hydroxylation is 1. The van der Waals surface area contributed by atoms with Crippen LogP contribution in [0.2, 0.25) is 0 Å². The highest BCUT2D eigenvalue weighted by Crippen LogP contribution is 2.27. The van der Waals surface area contributed by atoms with Gasteiger partial charge < -0.3 is 4.90 Å². The number of aromatic nitrogens is 5. The summed E-state index contributed by atoms with van der Waals surface area (Å²) in [7, 11) is 0. The molecule has 0 bridgehead atoms. The molecule has 0 aliphatic carbocycles. The third kappa shape index (κ3) is 3.01. The van der Waals surface area contributed by atoms with Crippen molar-refractivity contribution in [3.05, 3.63) is 47.7 Å². The van der Waals surface area contributed by atoms with E-state index in [4.69, 9.17) is 0 Å². The highest BCUT2D eigenvalue weighted by atomic mass is 16.2. The predicted molar refractivity (Wildman–Crippen MR) is 93.4 cm³/mol. The number of nitrogens with zero attached hydrogens (tertiary/aromatic N) is 5. The van der Waals surface area contributed by atoms with Crippen molar-refractivity contribution in [3.63, 3.8) is 0 Å². The van der Waals surface area contributed by atoms with Gasteiger partial charge in [0.2, 0.25) is 0 Å². The average Bonchev–Trinajstić information content (AvgIpc) is 3.29. The normalized spacial score (nSPS) is 15.8. The average molecular weight is 338 g/mol. The second-order valence-corrected chi connectivity index (χ2v) is 6.58. The molecule has 1 saturated heterocycles. The van der Waals surface area contributed by atoms with Crippen LogP contribution in [0.5, 0.6) is 0 Å². The maximum atomic E-state index is 12.6. The van der Waals surface area contributed by atoms with E-state index in [1.165, 1.54) is 0 Å². The number of hydrogen-bond acceptors (Lipinski definition) is 4. The fourth-order valence-corrected chi connectivity index (χ4v) is 3.51. The summed E-state index contributed by atoms with van der Waals surface area (Å²) in [5.41, 5.74) is 2.42. The molecular weight excluding hydrogens is 316 g/mol. The second kappa shape index (κ2) is 6.66. The number of carbonyl (C=O) groups excluding carboxylic acids is 1. The first-order valence-corrected chi connectivity index (χ1v) is 8.89. The van der Waals surface area contributed by atoms with Crippen molar-refractivity contribution in [2.24, 2.45) is 0 Å². The fourth-order valence-electron chi connectivity index (χ4n) is 3.51. The zero-order valence-corrected chi connectivity index (χ0v) is 14.4. The van der Waals surface area contributed by atoms with Crippen LogP contribution in [0.3, 0.4) is 0 Å². The van der Waals surface area contributed by atoms with Crippen LogP contribution in [0, 0.1) is 0 Å². The van der Waals surface area contributed by atoms with E-state index in [2.05, 4.69) is 27.3 Å². The van der Waals surface area contributed by atoms with E-state index in [1.807, 2.05) is 39.8 Å². The maximum absolute atomic E-state index is 12.6. The van der Waals surface area contributed by atoms with Crippen molar-refractivity contribution in [1.82, 2.24) is 29.7 Å². The number of carbonyl (C=O) groups is 1. The highest BCUT2D eigenvalue weighted by molar-refractivity contribution is 5.92. The molecule has 7 heteroatoms. The number of amides is 1. The molecule has 0 radical (unpaired) electrons. The summed E-state index contributed by atoms with van der Waals surface area (Å²) in [6.45, 7) is 3.56. The Morgan fingerprint density at radius 2 is 2.12 bits per heavy atom. The third-order valence-electron chi connectivity index (χ3n) is 4.86. The van der Waals surface area contributed by atoms with Gasteiger partial charge in [-0.1, -0.05) is 19.4 Å². The number of hydrogen-bond donors (Lipinski definition) is 1. The molecule has 1 aliphatic heterocycles. The molecule has 0 atom stereocenters. The van der Waals surface area contributed by atoms with Gasteiger partial charge in [-0.15, -0.1) is 10.2 Å². The quantitative estimate of drug-likeness (QED) is 0.792. The number of likely N-dealkylation sites (tertiary alicyclic amines) is 1. The number of rotatable bonds is 4. The zero-order chi connectivity index (χ0) is 17.2. The van der Waals surface area contributed by atoms with Gasteiger partial charge in [-0.05, 0) is 37.5 Å². The molecule has 1 aliphatic rings. The van der Waals surface area contributed by atoms with E-state index in [0.717, 1.165) is 55.9 Å². The number of H-pyrrole nitrogens is 1. The number of nitrogens with one attached hydrogen (secondary N) is 1. The summed E-state index contributed by atoms with van der Waals surface area (Å²) >= 11 is 0. The van der Waals surface area contributed by atoms with E-state index >= 15 is 0 Å². The van der Waals surface area contributed by atoms with E-state index < -0.39 is 0 Å². The molecule has 25 heavy (non-hydrogen) atoms. The lowest BCUT2D eigenvalue weighted by Gasteiger charge is -2.30. The van der Waals surface area contributed by atoms with Crippen molar-refractivity contribution in [1.29, 1.82) is 0 Å². The van der Waals surface area contributed by atoms with Crippen LogP contribution in [0.15, 0.2) is 30.5 Å². The molecule has 0 unspecified atom stereocenters. The van der Waals surface area contributed by atoms with Crippen LogP contribution in [-0.4, -0.2) is 48.7 Å². The van der Waals surface area contributed by atoms with Crippen LogP contribution < -0.4 is 0 Å². The van der Waals surface area contributed by atoms with Gasteiger partial charge in [0, 0.05) is 30.9 Å². The van der Waals surface area contributed by atoms with Crippen molar-refractivity contribution >= 4 is 11.6 Å². The summed E-state index contributed by atoms with van der Waals surface area (Å²) in [4.78, 5) is 14.5. The van der Waals surface area contributed by atoms with Crippen molar-refractivity contribution in [2.45, 2.75) is 38.5 Å². The Balaban J connectivity index is 1.43. The Morgan fingerprint density at radius 1 is 1.28 bits per heavy atom. The standard InChI is InChI=1S/C18H22N6O/c1-2-5-14-12-15(20-19-14)18(25)23-10-7-13(8-11-23)17-22-21-16-6-3-4-9-24(16)17/h3-4,6,9,12-13H,2,5,7-8,10-11H2,1H3,(H,19,20). The second-order valence-electron chi connectivity index (χ2n) is 6.58. The summed E-state index contributed by atoms with van der Waals surface area (Å²) in [5, 5.41) is 15.7. The third-order valence-corrected chi connectivity index (χ3v) is 4.86. The number of piperidine rings is 1. The van der Waals surface area contributed by atoms with Crippen molar-refractivity contribution < 1.29 is 4.79 Å². The Bertz CT molecular complexity index is 874. The molecule has 7 nitrogen and oxygen atoms in total. The molecule has 3 aromatic heterocycles. The van der Waals surface area contributed by atoms with Crippen LogP contribution in [0.4, 0.5) is 0 Å². The zero-order valence-electron chi connectivity index (χ0n) is 14.4. The Kier molecular flexibility index (Phi) is 4.21. The first kappa shape index (κ1) is 15.8. The predicted octanol–water partition coefficient (Wildman–Crippen LogP) is 2.42. The SMILES string of the molecule is CCCc1cc(C(=O)N2CCC(c3nnc4ccccn34)CC2)n[nH]1. The first-order chi connectivity index (χ1) is 12.3. The van der Waals surface area contributed by atoms with Gasteiger partial charge in [0.05, 0.1) is 0 Å². The lowest BCUT2D eigenvalue weighted by Crippen LogP contribution is -2.38. The molecule has 130 valence electrons. The molecule has 1 N–H and O–H groups in total. The van der Waals surface area contributed by atoms with Crippen LogP contribution >= 0.6 is 0 Å². The molecule has 3 aromatic rings. The molecule has 1 fully saturated rings. The van der Waals surface area contributed by atoms with Gasteiger partial charge in [-0.3, -0.25) is 14.3 Å². The Hall–Kier alpha value is -2.70. The van der Waals surface area contributed by atoms with Gasteiger partial charge in [-0.25, -0.2) is 0 Å². The monoisotopic (exact) mass is 338 g/mol. The topological polar surface area (TPSA) is 79.2 Å². The number of aromatic amines is 1. The van der Waals surface area contributed by atoms with Gasteiger partial charge in [0.1, 0.15) is 11.5 Å². The molecule has 4 rings (SSSR count). The maximum Gasteiger partial charge on any atom is 0.274 e. The summed E-state index contributed by atoms with van der Waals surface area (Å²) < 4.78 is 2.05. The van der Waals surface area contributed by atoms with Crippen LogP contribution in [-0.2, 0) is 6.42 Å². The lowest BCUT2D eigenvalue weighted by molar-refractivity contribution is 0.0705. The number of fused-ring (bicyclic) bond motifs is 1.